The Morgan fingerprint density at radius 3 is 2.56 bits per heavy atom. The molecule has 0 spiro atoms. The molecule has 1 aromatic heterocycles. The molecular formula is C19H18ClN3O4. The van der Waals surface area contributed by atoms with E-state index < -0.39 is 23.1 Å². The fraction of sp³-hybridized carbons (Fsp3) is 0.158. The highest BCUT2D eigenvalue weighted by atomic mass is 35.5. The Bertz CT molecular complexity index is 956. The molecule has 140 valence electrons. The first kappa shape index (κ1) is 18.9. The highest BCUT2D eigenvalue weighted by molar-refractivity contribution is 6.31. The van der Waals surface area contributed by atoms with E-state index in [2.05, 4.69) is 10.3 Å². The molecule has 1 heterocycles. The highest BCUT2D eigenvalue weighted by Crippen LogP contribution is 2.20. The Kier molecular flexibility index (Phi) is 5.75. The topological polar surface area (TPSA) is 106 Å². The maximum atomic E-state index is 12.6. The molecule has 0 aliphatic heterocycles. The molecule has 0 aliphatic rings. The van der Waals surface area contributed by atoms with Crippen LogP contribution >= 0.6 is 11.6 Å². The van der Waals surface area contributed by atoms with E-state index in [4.69, 9.17) is 22.0 Å². The minimum absolute atomic E-state index is 0.264. The van der Waals surface area contributed by atoms with Crippen LogP contribution in [0.4, 0.5) is 0 Å². The molecule has 2 aromatic carbocycles. The maximum Gasteiger partial charge on any atom is 0.275 e. The Balaban J connectivity index is 1.78. The molecule has 0 bridgehead atoms. The Hall–Kier alpha value is -2.87. The SMILES string of the molecule is O=C(N[C@@H](CC(=O)N(O)O)Cc1ccccc1)c1cc2cc(Cl)ccc2[nH]1. The number of aromatic amines is 1. The van der Waals surface area contributed by atoms with Crippen molar-refractivity contribution >= 4 is 34.3 Å². The minimum Gasteiger partial charge on any atom is -0.351 e. The summed E-state index contributed by atoms with van der Waals surface area (Å²) in [6.45, 7) is 0. The lowest BCUT2D eigenvalue weighted by Gasteiger charge is -2.19. The number of hydrogen-bond donors (Lipinski definition) is 4. The number of halogens is 1. The summed E-state index contributed by atoms with van der Waals surface area (Å²) in [5.74, 6) is -1.32. The van der Waals surface area contributed by atoms with Gasteiger partial charge in [-0.05, 0) is 36.2 Å². The van der Waals surface area contributed by atoms with E-state index in [9.17, 15) is 9.59 Å². The number of benzene rings is 2. The van der Waals surface area contributed by atoms with Crippen molar-refractivity contribution in [3.8, 4) is 0 Å². The summed E-state index contributed by atoms with van der Waals surface area (Å²) in [7, 11) is 0. The lowest BCUT2D eigenvalue weighted by atomic mass is 10.0. The van der Waals surface area contributed by atoms with Gasteiger partial charge in [-0.3, -0.25) is 20.0 Å². The van der Waals surface area contributed by atoms with Gasteiger partial charge >= 0.3 is 0 Å². The normalized spacial score (nSPS) is 12.0. The van der Waals surface area contributed by atoms with Gasteiger partial charge in [-0.2, -0.15) is 0 Å². The summed E-state index contributed by atoms with van der Waals surface area (Å²) in [5, 5.41) is 21.5. The second kappa shape index (κ2) is 8.22. The molecule has 0 saturated carbocycles. The zero-order valence-electron chi connectivity index (χ0n) is 14.2. The van der Waals surface area contributed by atoms with Crippen LogP contribution in [0.25, 0.3) is 10.9 Å². The molecule has 7 nitrogen and oxygen atoms in total. The standard InChI is InChI=1S/C19H18ClN3O4/c20-14-6-7-16-13(9-14)10-17(22-16)19(25)21-15(11-18(24)23(26)27)8-12-4-2-1-3-5-12/h1-7,9-10,15,22,26-27H,8,11H2,(H,21,25)/t15-/m1/s1. The van der Waals surface area contributed by atoms with E-state index in [-0.39, 0.29) is 6.42 Å². The van der Waals surface area contributed by atoms with Crippen molar-refractivity contribution in [3.05, 3.63) is 70.9 Å². The summed E-state index contributed by atoms with van der Waals surface area (Å²) >= 11 is 5.97. The van der Waals surface area contributed by atoms with Crippen LogP contribution in [0.15, 0.2) is 54.6 Å². The van der Waals surface area contributed by atoms with E-state index >= 15 is 0 Å². The van der Waals surface area contributed by atoms with Crippen molar-refractivity contribution in [2.24, 2.45) is 0 Å². The van der Waals surface area contributed by atoms with Gasteiger partial charge in [0.25, 0.3) is 11.8 Å². The van der Waals surface area contributed by atoms with Gasteiger partial charge in [0.05, 0.1) is 6.42 Å². The third-order valence-electron chi connectivity index (χ3n) is 4.13. The van der Waals surface area contributed by atoms with Crippen LogP contribution in [0.5, 0.6) is 0 Å². The predicted molar refractivity (Wildman–Crippen MR) is 99.7 cm³/mol. The van der Waals surface area contributed by atoms with Gasteiger partial charge in [-0.25, -0.2) is 0 Å². The van der Waals surface area contributed by atoms with Crippen LogP contribution in [0, 0.1) is 0 Å². The molecule has 1 atom stereocenters. The summed E-state index contributed by atoms with van der Waals surface area (Å²) < 4.78 is 0. The maximum absolute atomic E-state index is 12.6. The molecule has 3 rings (SSSR count). The molecular weight excluding hydrogens is 370 g/mol. The molecule has 0 unspecified atom stereocenters. The van der Waals surface area contributed by atoms with Gasteiger partial charge in [0.2, 0.25) is 0 Å². The molecule has 0 saturated heterocycles. The average molecular weight is 388 g/mol. The monoisotopic (exact) mass is 387 g/mol. The highest BCUT2D eigenvalue weighted by Gasteiger charge is 2.21. The van der Waals surface area contributed by atoms with Crippen LogP contribution in [0.2, 0.25) is 5.02 Å². The smallest absolute Gasteiger partial charge is 0.275 e. The van der Waals surface area contributed by atoms with Gasteiger partial charge in [0.1, 0.15) is 5.69 Å². The third kappa shape index (κ3) is 4.85. The summed E-state index contributed by atoms with van der Waals surface area (Å²) in [5.41, 5.74) is 1.99. The molecule has 8 heteroatoms. The molecule has 0 fully saturated rings. The Morgan fingerprint density at radius 2 is 1.85 bits per heavy atom. The number of amides is 2. The second-order valence-electron chi connectivity index (χ2n) is 6.16. The van der Waals surface area contributed by atoms with Gasteiger partial charge < -0.3 is 10.3 Å². The first-order valence-electron chi connectivity index (χ1n) is 8.26. The van der Waals surface area contributed by atoms with Crippen molar-refractivity contribution in [1.29, 1.82) is 0 Å². The number of nitrogens with one attached hydrogen (secondary N) is 2. The summed E-state index contributed by atoms with van der Waals surface area (Å²) in [6.07, 6.45) is 0.0951. The summed E-state index contributed by atoms with van der Waals surface area (Å²) in [4.78, 5) is 27.3. The van der Waals surface area contributed by atoms with Crippen LogP contribution in [-0.4, -0.2) is 38.5 Å². The zero-order chi connectivity index (χ0) is 19.4. The van der Waals surface area contributed by atoms with Crippen molar-refractivity contribution in [1.82, 2.24) is 15.5 Å². The molecule has 27 heavy (non-hydrogen) atoms. The van der Waals surface area contributed by atoms with Crippen molar-refractivity contribution < 1.29 is 20.0 Å². The minimum atomic E-state index is -0.917. The summed E-state index contributed by atoms with van der Waals surface area (Å²) in [6, 6.07) is 15.6. The number of hydrogen-bond acceptors (Lipinski definition) is 4. The number of H-pyrrole nitrogens is 1. The lowest BCUT2D eigenvalue weighted by molar-refractivity contribution is -0.285. The molecule has 0 radical (unpaired) electrons. The quantitative estimate of drug-likeness (QED) is 0.385. The van der Waals surface area contributed by atoms with Gasteiger partial charge in [-0.1, -0.05) is 47.2 Å². The number of carbonyl (C=O) groups excluding carboxylic acids is 2. The van der Waals surface area contributed by atoms with Crippen LogP contribution < -0.4 is 5.32 Å². The molecule has 3 aromatic rings. The van der Waals surface area contributed by atoms with E-state index in [0.29, 0.717) is 17.1 Å². The molecule has 4 N–H and O–H groups in total. The zero-order valence-corrected chi connectivity index (χ0v) is 15.0. The predicted octanol–water partition coefficient (Wildman–Crippen LogP) is 3.16. The number of carbonyl (C=O) groups is 2. The number of fused-ring (bicyclic) bond motifs is 1. The van der Waals surface area contributed by atoms with E-state index in [0.717, 1.165) is 16.5 Å². The van der Waals surface area contributed by atoms with E-state index in [1.807, 2.05) is 30.3 Å². The van der Waals surface area contributed by atoms with Crippen molar-refractivity contribution in [2.75, 3.05) is 0 Å². The van der Waals surface area contributed by atoms with Gasteiger partial charge in [0, 0.05) is 22.0 Å². The number of aromatic nitrogens is 1. The number of hydroxylamine groups is 2. The molecule has 2 amide bonds. The first-order chi connectivity index (χ1) is 12.9. The van der Waals surface area contributed by atoms with Gasteiger partial charge in [0.15, 0.2) is 0 Å². The van der Waals surface area contributed by atoms with Crippen molar-refractivity contribution in [2.45, 2.75) is 18.9 Å². The fourth-order valence-corrected chi connectivity index (χ4v) is 3.03. The number of rotatable bonds is 6. The number of nitrogens with zero attached hydrogens (tertiary/aromatic N) is 1. The molecule has 0 aliphatic carbocycles. The van der Waals surface area contributed by atoms with Crippen LogP contribution in [-0.2, 0) is 11.2 Å². The Morgan fingerprint density at radius 1 is 1.11 bits per heavy atom. The fourth-order valence-electron chi connectivity index (χ4n) is 2.85. The van der Waals surface area contributed by atoms with Crippen molar-refractivity contribution in [3.63, 3.8) is 0 Å². The van der Waals surface area contributed by atoms with E-state index in [1.54, 1.807) is 24.3 Å². The second-order valence-corrected chi connectivity index (χ2v) is 6.60. The van der Waals surface area contributed by atoms with E-state index in [1.165, 1.54) is 0 Å². The van der Waals surface area contributed by atoms with Gasteiger partial charge in [-0.15, -0.1) is 0 Å². The lowest BCUT2D eigenvalue weighted by Crippen LogP contribution is -2.40. The average Bonchev–Trinajstić information content (AvgIpc) is 3.05. The van der Waals surface area contributed by atoms with Crippen LogP contribution in [0.1, 0.15) is 22.5 Å². The van der Waals surface area contributed by atoms with Crippen LogP contribution in [0.3, 0.4) is 0 Å². The Labute approximate surface area is 160 Å². The largest absolute Gasteiger partial charge is 0.351 e. The third-order valence-corrected chi connectivity index (χ3v) is 4.37. The first-order valence-corrected chi connectivity index (χ1v) is 8.64.